The Kier molecular flexibility index (Phi) is 6.23. The fourth-order valence-electron chi connectivity index (χ4n) is 2.85. The van der Waals surface area contributed by atoms with Gasteiger partial charge in [-0.05, 0) is 57.5 Å². The smallest absolute Gasteiger partial charge is 0.211 e. The first-order chi connectivity index (χ1) is 10.5. The van der Waals surface area contributed by atoms with E-state index in [0.717, 1.165) is 32.5 Å². The number of nitrogens with one attached hydrogen (secondary N) is 2. The first kappa shape index (κ1) is 17.2. The number of benzene rings is 1. The van der Waals surface area contributed by atoms with Gasteiger partial charge < -0.3 is 10.2 Å². The Bertz CT molecular complexity index is 567. The second kappa shape index (κ2) is 7.94. The zero-order valence-electron chi connectivity index (χ0n) is 13.5. The Hall–Kier alpha value is -1.11. The van der Waals surface area contributed by atoms with Gasteiger partial charge in [0, 0.05) is 24.8 Å². The van der Waals surface area contributed by atoms with Gasteiger partial charge in [-0.15, -0.1) is 0 Å². The molecule has 0 unspecified atom stereocenters. The zero-order chi connectivity index (χ0) is 16.0. The zero-order valence-corrected chi connectivity index (χ0v) is 14.3. The Balaban J connectivity index is 1.69. The number of sulfonamides is 1. The van der Waals surface area contributed by atoms with Gasteiger partial charge in [0.25, 0.3) is 0 Å². The summed E-state index contributed by atoms with van der Waals surface area (Å²) in [7, 11) is -1.59. The summed E-state index contributed by atoms with van der Waals surface area (Å²) in [5.74, 6) is 0.213. The van der Waals surface area contributed by atoms with Crippen molar-refractivity contribution in [3.8, 4) is 0 Å². The van der Waals surface area contributed by atoms with Crippen molar-refractivity contribution in [3.05, 3.63) is 29.8 Å². The Morgan fingerprint density at radius 2 is 2.00 bits per heavy atom. The molecule has 0 aromatic heterocycles. The lowest BCUT2D eigenvalue weighted by Gasteiger charge is -2.32. The third-order valence-corrected chi connectivity index (χ3v) is 5.62. The predicted octanol–water partition coefficient (Wildman–Crippen LogP) is 1.81. The second-order valence-electron chi connectivity index (χ2n) is 6.01. The molecule has 1 aliphatic rings. The highest BCUT2D eigenvalue weighted by atomic mass is 32.2. The molecule has 1 aliphatic heterocycles. The maximum atomic E-state index is 11.4. The van der Waals surface area contributed by atoms with Crippen molar-refractivity contribution >= 4 is 15.7 Å². The van der Waals surface area contributed by atoms with Crippen LogP contribution in [0.5, 0.6) is 0 Å². The number of likely N-dealkylation sites (tertiary alicyclic amines) is 1. The molecule has 0 bridgehead atoms. The molecule has 0 saturated carbocycles. The molecule has 1 aromatic rings. The molecule has 6 heteroatoms. The van der Waals surface area contributed by atoms with Crippen molar-refractivity contribution < 1.29 is 8.42 Å². The van der Waals surface area contributed by atoms with Crippen LogP contribution in [0.25, 0.3) is 0 Å². The summed E-state index contributed by atoms with van der Waals surface area (Å²) in [5, 5.41) is 3.60. The van der Waals surface area contributed by atoms with E-state index < -0.39 is 10.0 Å². The van der Waals surface area contributed by atoms with Gasteiger partial charge in [-0.2, -0.15) is 0 Å². The van der Waals surface area contributed by atoms with Gasteiger partial charge in [0.2, 0.25) is 10.0 Å². The van der Waals surface area contributed by atoms with Crippen molar-refractivity contribution in [1.29, 1.82) is 0 Å². The number of hydrogen-bond donors (Lipinski definition) is 2. The van der Waals surface area contributed by atoms with Crippen LogP contribution in [-0.2, 0) is 10.0 Å². The van der Waals surface area contributed by atoms with E-state index in [1.807, 2.05) is 0 Å². The third-order valence-electron chi connectivity index (χ3n) is 4.17. The van der Waals surface area contributed by atoms with Gasteiger partial charge in [0.05, 0.1) is 5.75 Å². The average Bonchev–Trinajstić information content (AvgIpc) is 2.49. The van der Waals surface area contributed by atoms with Crippen LogP contribution in [0.3, 0.4) is 0 Å². The van der Waals surface area contributed by atoms with Crippen molar-refractivity contribution in [2.75, 3.05) is 37.8 Å². The van der Waals surface area contributed by atoms with Gasteiger partial charge in [0.15, 0.2) is 0 Å². The lowest BCUT2D eigenvalue weighted by Crippen LogP contribution is -2.40. The topological polar surface area (TPSA) is 61.4 Å². The van der Waals surface area contributed by atoms with Crippen LogP contribution >= 0.6 is 0 Å². The molecule has 2 N–H and O–H groups in total. The molecule has 1 fully saturated rings. The number of rotatable bonds is 7. The summed E-state index contributed by atoms with van der Waals surface area (Å²) in [6.45, 7) is 5.03. The molecule has 0 aliphatic carbocycles. The summed E-state index contributed by atoms with van der Waals surface area (Å²) in [6.07, 6.45) is 2.90. The van der Waals surface area contributed by atoms with Gasteiger partial charge in [-0.3, -0.25) is 0 Å². The molecule has 2 rings (SSSR count). The highest BCUT2D eigenvalue weighted by Gasteiger charge is 2.19. The van der Waals surface area contributed by atoms with Gasteiger partial charge >= 0.3 is 0 Å². The molecule has 1 heterocycles. The fourth-order valence-corrected chi connectivity index (χ4v) is 3.56. The van der Waals surface area contributed by atoms with Crippen LogP contribution in [-0.4, -0.2) is 51.8 Å². The van der Waals surface area contributed by atoms with Gasteiger partial charge in [0.1, 0.15) is 0 Å². The van der Waals surface area contributed by atoms with Crippen LogP contribution in [0.2, 0.25) is 0 Å². The quantitative estimate of drug-likeness (QED) is 0.803. The SMILES string of the molecule is CNS(=O)(=O)CCCN1CCC(Nc2cccc(C)c2)CC1. The third kappa shape index (κ3) is 5.59. The Labute approximate surface area is 134 Å². The van der Waals surface area contributed by atoms with Crippen LogP contribution in [0.4, 0.5) is 5.69 Å². The molecule has 1 saturated heterocycles. The van der Waals surface area contributed by atoms with E-state index in [-0.39, 0.29) is 5.75 Å². The Morgan fingerprint density at radius 1 is 1.27 bits per heavy atom. The van der Waals surface area contributed by atoms with E-state index in [2.05, 4.69) is 46.1 Å². The maximum absolute atomic E-state index is 11.4. The maximum Gasteiger partial charge on any atom is 0.211 e. The summed E-state index contributed by atoms with van der Waals surface area (Å²) < 4.78 is 25.1. The van der Waals surface area contributed by atoms with Crippen LogP contribution in [0.15, 0.2) is 24.3 Å². The van der Waals surface area contributed by atoms with Gasteiger partial charge in [-0.1, -0.05) is 12.1 Å². The molecule has 124 valence electrons. The number of aryl methyl sites for hydroxylation is 1. The first-order valence-corrected chi connectivity index (χ1v) is 9.60. The van der Waals surface area contributed by atoms with E-state index >= 15 is 0 Å². The standard InChI is InChI=1S/C16H27N3O2S/c1-14-5-3-6-16(13-14)18-15-7-10-19(11-8-15)9-4-12-22(20,21)17-2/h3,5-6,13,15,17-18H,4,7-12H2,1-2H3. The molecule has 0 amide bonds. The van der Waals surface area contributed by atoms with Crippen molar-refractivity contribution in [1.82, 2.24) is 9.62 Å². The van der Waals surface area contributed by atoms with E-state index in [4.69, 9.17) is 0 Å². The molecule has 0 atom stereocenters. The number of hydrogen-bond acceptors (Lipinski definition) is 4. The monoisotopic (exact) mass is 325 g/mol. The molecular formula is C16H27N3O2S. The summed E-state index contributed by atoms with van der Waals surface area (Å²) in [5.41, 5.74) is 2.46. The highest BCUT2D eigenvalue weighted by Crippen LogP contribution is 2.17. The van der Waals surface area contributed by atoms with Crippen molar-refractivity contribution in [3.63, 3.8) is 0 Å². The molecule has 1 aromatic carbocycles. The molecule has 5 nitrogen and oxygen atoms in total. The predicted molar refractivity (Wildman–Crippen MR) is 91.7 cm³/mol. The lowest BCUT2D eigenvalue weighted by molar-refractivity contribution is 0.220. The lowest BCUT2D eigenvalue weighted by atomic mass is 10.0. The fraction of sp³-hybridized carbons (Fsp3) is 0.625. The van der Waals surface area contributed by atoms with Crippen LogP contribution < -0.4 is 10.0 Å². The molecule has 0 radical (unpaired) electrons. The molecule has 0 spiro atoms. The van der Waals surface area contributed by atoms with Crippen molar-refractivity contribution in [2.24, 2.45) is 0 Å². The second-order valence-corrected chi connectivity index (χ2v) is 8.05. The van der Waals surface area contributed by atoms with E-state index in [1.165, 1.54) is 18.3 Å². The van der Waals surface area contributed by atoms with E-state index in [1.54, 1.807) is 0 Å². The van der Waals surface area contributed by atoms with Crippen LogP contribution in [0.1, 0.15) is 24.8 Å². The summed E-state index contributed by atoms with van der Waals surface area (Å²) in [6, 6.07) is 8.98. The summed E-state index contributed by atoms with van der Waals surface area (Å²) >= 11 is 0. The minimum absolute atomic E-state index is 0.213. The minimum atomic E-state index is -3.06. The molecular weight excluding hydrogens is 298 g/mol. The number of piperidine rings is 1. The number of nitrogens with zero attached hydrogens (tertiary/aromatic N) is 1. The van der Waals surface area contributed by atoms with Crippen molar-refractivity contribution in [2.45, 2.75) is 32.2 Å². The molecule has 22 heavy (non-hydrogen) atoms. The van der Waals surface area contributed by atoms with E-state index in [9.17, 15) is 8.42 Å². The van der Waals surface area contributed by atoms with Gasteiger partial charge in [-0.25, -0.2) is 13.1 Å². The normalized spacial score (nSPS) is 17.5. The Morgan fingerprint density at radius 3 is 2.64 bits per heavy atom. The summed E-state index contributed by atoms with van der Waals surface area (Å²) in [4.78, 5) is 2.36. The number of anilines is 1. The van der Waals surface area contributed by atoms with E-state index in [0.29, 0.717) is 12.5 Å². The van der Waals surface area contributed by atoms with Crippen LogP contribution in [0, 0.1) is 6.92 Å². The largest absolute Gasteiger partial charge is 0.382 e. The average molecular weight is 325 g/mol. The minimum Gasteiger partial charge on any atom is -0.382 e. The first-order valence-electron chi connectivity index (χ1n) is 7.95. The highest BCUT2D eigenvalue weighted by molar-refractivity contribution is 7.89.